The molecule has 0 radical (unpaired) electrons. The topological polar surface area (TPSA) is 84.4 Å². The van der Waals surface area contributed by atoms with Crippen molar-refractivity contribution in [3.63, 3.8) is 0 Å². The third kappa shape index (κ3) is 5.32. The predicted molar refractivity (Wildman–Crippen MR) is 140 cm³/mol. The number of nitrogens with one attached hydrogen (secondary N) is 2. The second-order valence-corrected chi connectivity index (χ2v) is 9.15. The molecule has 3 aromatic rings. The Morgan fingerprint density at radius 3 is 2.92 bits per heavy atom. The van der Waals surface area contributed by atoms with E-state index in [0.717, 1.165) is 47.2 Å². The number of H-pyrrole nitrogens is 1. The zero-order valence-electron chi connectivity index (χ0n) is 20.8. The van der Waals surface area contributed by atoms with Crippen LogP contribution in [0.25, 0.3) is 10.9 Å². The number of halogens is 1. The van der Waals surface area contributed by atoms with Crippen LogP contribution < -0.4 is 5.32 Å². The monoisotopic (exact) mass is 487 g/mol. The molecular formula is C28H30FN5O2. The molecule has 0 saturated heterocycles. The summed E-state index contributed by atoms with van der Waals surface area (Å²) < 4.78 is 25.8. The number of aryl methyl sites for hydroxylation is 3. The van der Waals surface area contributed by atoms with Gasteiger partial charge in [0.25, 0.3) is 0 Å². The minimum atomic E-state index is -0.229. The Hall–Kier alpha value is -3.94. The molecule has 0 fully saturated rings. The molecule has 1 aliphatic carbocycles. The summed E-state index contributed by atoms with van der Waals surface area (Å²) in [4.78, 5) is 16.7. The highest BCUT2D eigenvalue weighted by Gasteiger charge is 2.16. The number of ether oxygens (including phenoxy) is 2. The lowest BCUT2D eigenvalue weighted by Crippen LogP contribution is -2.17. The van der Waals surface area contributed by atoms with Crippen molar-refractivity contribution in [1.29, 1.82) is 0 Å². The van der Waals surface area contributed by atoms with Gasteiger partial charge in [-0.1, -0.05) is 29.9 Å². The summed E-state index contributed by atoms with van der Waals surface area (Å²) in [5.74, 6) is 2.76. The zero-order chi connectivity index (χ0) is 25.1. The second kappa shape index (κ2) is 10.4. The minimum Gasteiger partial charge on any atom is -0.488 e. The van der Waals surface area contributed by atoms with Crippen LogP contribution in [0.5, 0.6) is 0 Å². The largest absolute Gasteiger partial charge is 0.488 e. The van der Waals surface area contributed by atoms with Crippen LogP contribution in [0, 0.1) is 26.6 Å². The summed E-state index contributed by atoms with van der Waals surface area (Å²) in [6, 6.07) is 5.12. The van der Waals surface area contributed by atoms with Crippen LogP contribution in [0.4, 0.5) is 16.0 Å². The first-order valence-electron chi connectivity index (χ1n) is 12.2. The average Bonchev–Trinajstić information content (AvgIpc) is 3.19. The van der Waals surface area contributed by atoms with Gasteiger partial charge in [0.05, 0.1) is 5.52 Å². The lowest BCUT2D eigenvalue weighted by molar-refractivity contribution is 0.211. The maximum absolute atomic E-state index is 14.3. The number of allylic oxidation sites excluding steroid dienone is 4. The molecule has 2 N–H and O–H groups in total. The van der Waals surface area contributed by atoms with Gasteiger partial charge < -0.3 is 19.8 Å². The van der Waals surface area contributed by atoms with Crippen LogP contribution in [0.1, 0.15) is 41.9 Å². The molecule has 2 aromatic heterocycles. The summed E-state index contributed by atoms with van der Waals surface area (Å²) in [6.07, 6.45) is 11.5. The summed E-state index contributed by atoms with van der Waals surface area (Å²) in [6.45, 7) is 6.70. The van der Waals surface area contributed by atoms with Crippen molar-refractivity contribution in [2.45, 2.75) is 46.5 Å². The van der Waals surface area contributed by atoms with Gasteiger partial charge in [-0.25, -0.2) is 14.4 Å². The first kappa shape index (κ1) is 23.8. The van der Waals surface area contributed by atoms with Gasteiger partial charge in [-0.05, 0) is 57.2 Å². The van der Waals surface area contributed by atoms with E-state index in [2.05, 4.69) is 43.5 Å². The smallest absolute Gasteiger partial charge is 0.234 e. The van der Waals surface area contributed by atoms with Crippen LogP contribution in [0.2, 0.25) is 0 Å². The van der Waals surface area contributed by atoms with Gasteiger partial charge in [-0.2, -0.15) is 4.99 Å². The van der Waals surface area contributed by atoms with E-state index in [9.17, 15) is 4.39 Å². The Kier molecular flexibility index (Phi) is 6.84. The van der Waals surface area contributed by atoms with E-state index in [1.165, 1.54) is 11.6 Å². The number of hydrogen-bond acceptors (Lipinski definition) is 6. The van der Waals surface area contributed by atoms with E-state index in [4.69, 9.17) is 9.47 Å². The Bertz CT molecular complexity index is 1420. The van der Waals surface area contributed by atoms with E-state index < -0.39 is 0 Å². The molecule has 1 aromatic carbocycles. The van der Waals surface area contributed by atoms with Gasteiger partial charge in [0.15, 0.2) is 12.4 Å². The average molecular weight is 488 g/mol. The van der Waals surface area contributed by atoms with E-state index >= 15 is 0 Å². The number of nitrogens with zero attached hydrogens (tertiary/aromatic N) is 3. The Balaban J connectivity index is 1.26. The Morgan fingerprint density at radius 2 is 2.08 bits per heavy atom. The maximum atomic E-state index is 14.3. The first-order valence-corrected chi connectivity index (χ1v) is 12.2. The highest BCUT2D eigenvalue weighted by Crippen LogP contribution is 2.28. The van der Waals surface area contributed by atoms with Crippen LogP contribution >= 0.6 is 0 Å². The molecular weight excluding hydrogens is 457 g/mol. The number of anilines is 1. The fraction of sp³-hybridized carbons (Fsp3) is 0.321. The summed E-state index contributed by atoms with van der Waals surface area (Å²) in [5.41, 5.74) is 5.01. The summed E-state index contributed by atoms with van der Waals surface area (Å²) >= 11 is 0. The normalized spacial score (nSPS) is 16.5. The van der Waals surface area contributed by atoms with Crippen LogP contribution in [0.15, 0.2) is 59.0 Å². The van der Waals surface area contributed by atoms with Gasteiger partial charge in [0.1, 0.15) is 29.5 Å². The van der Waals surface area contributed by atoms with E-state index in [1.54, 1.807) is 12.3 Å². The molecule has 2 aliphatic rings. The molecule has 0 saturated carbocycles. The number of aliphatic imine (C=N–C) groups is 1. The van der Waals surface area contributed by atoms with Crippen LogP contribution in [0.3, 0.4) is 0 Å². The molecule has 0 amide bonds. The summed E-state index contributed by atoms with van der Waals surface area (Å²) in [7, 11) is 0. The molecule has 1 aliphatic heterocycles. The molecule has 7 nitrogen and oxygen atoms in total. The predicted octanol–water partition coefficient (Wildman–Crippen LogP) is 6.26. The molecule has 0 bridgehead atoms. The maximum Gasteiger partial charge on any atom is 0.234 e. The molecule has 0 spiro atoms. The molecule has 8 heteroatoms. The molecule has 3 heterocycles. The van der Waals surface area contributed by atoms with Crippen LogP contribution in [-0.2, 0) is 15.9 Å². The standard InChI is InChI=1S/C28H30FN5O2/c1-17-9-10-23(29)28-27(17)22(18(2)31-28)11-12-30-24-14-25(33-19(3)32-24)34-26-16-35-15-21(36-26)13-20-7-5-4-6-8-20/h4-5,7,9-10,14-15,31H,6,8,11-13,16H2,1-3H3,(H,30,32,33). The van der Waals surface area contributed by atoms with E-state index in [-0.39, 0.29) is 12.4 Å². The second-order valence-electron chi connectivity index (χ2n) is 9.15. The number of fused-ring (bicyclic) bond motifs is 1. The van der Waals surface area contributed by atoms with Gasteiger partial charge in [-0.3, -0.25) is 0 Å². The molecule has 5 rings (SSSR count). The van der Waals surface area contributed by atoms with Gasteiger partial charge >= 0.3 is 0 Å². The Morgan fingerprint density at radius 1 is 1.19 bits per heavy atom. The highest BCUT2D eigenvalue weighted by atomic mass is 19.1. The molecule has 186 valence electrons. The lowest BCUT2D eigenvalue weighted by Gasteiger charge is -2.18. The number of hydrogen-bond donors (Lipinski definition) is 2. The highest BCUT2D eigenvalue weighted by molar-refractivity contribution is 5.88. The zero-order valence-corrected chi connectivity index (χ0v) is 20.8. The number of benzene rings is 1. The summed E-state index contributed by atoms with van der Waals surface area (Å²) in [5, 5.41) is 4.32. The lowest BCUT2D eigenvalue weighted by atomic mass is 10.0. The number of aromatic nitrogens is 3. The quantitative estimate of drug-likeness (QED) is 0.411. The van der Waals surface area contributed by atoms with Crippen molar-refractivity contribution in [3.05, 3.63) is 82.5 Å². The fourth-order valence-electron chi connectivity index (χ4n) is 4.67. The van der Waals surface area contributed by atoms with Crippen molar-refractivity contribution in [2.75, 3.05) is 18.5 Å². The van der Waals surface area contributed by atoms with Crippen molar-refractivity contribution in [1.82, 2.24) is 15.0 Å². The molecule has 0 atom stereocenters. The third-order valence-corrected chi connectivity index (χ3v) is 6.35. The number of aromatic amines is 1. The van der Waals surface area contributed by atoms with Gasteiger partial charge in [0.2, 0.25) is 5.90 Å². The molecule has 36 heavy (non-hydrogen) atoms. The molecule has 0 unspecified atom stereocenters. The number of rotatable bonds is 7. The van der Waals surface area contributed by atoms with Crippen molar-refractivity contribution < 1.29 is 13.9 Å². The third-order valence-electron chi connectivity index (χ3n) is 6.35. The minimum absolute atomic E-state index is 0.229. The first-order chi connectivity index (χ1) is 17.5. The van der Waals surface area contributed by atoms with Crippen molar-refractivity contribution in [3.8, 4) is 0 Å². The van der Waals surface area contributed by atoms with Crippen molar-refractivity contribution >= 4 is 28.4 Å². The van der Waals surface area contributed by atoms with E-state index in [1.807, 2.05) is 26.8 Å². The van der Waals surface area contributed by atoms with Gasteiger partial charge in [-0.15, -0.1) is 0 Å². The fourth-order valence-corrected chi connectivity index (χ4v) is 4.67. The van der Waals surface area contributed by atoms with Crippen LogP contribution in [-0.4, -0.2) is 34.0 Å². The van der Waals surface area contributed by atoms with Crippen molar-refractivity contribution in [2.24, 2.45) is 4.99 Å². The van der Waals surface area contributed by atoms with E-state index in [0.29, 0.717) is 41.8 Å². The van der Waals surface area contributed by atoms with Gasteiger partial charge in [0, 0.05) is 30.1 Å². The SMILES string of the molecule is Cc1nc(N=C2COC=C(CC3=CC=CCC3)O2)cc(NCCc2c(C)[nH]c3c(F)ccc(C)c23)n1. The Labute approximate surface area is 209 Å².